The molecule has 23 heavy (non-hydrogen) atoms. The second-order valence-electron chi connectivity index (χ2n) is 5.25. The zero-order valence-electron chi connectivity index (χ0n) is 12.9. The number of aromatic nitrogens is 4. The van der Waals surface area contributed by atoms with Gasteiger partial charge in [-0.1, -0.05) is 6.92 Å². The van der Waals surface area contributed by atoms with Crippen LogP contribution < -0.4 is 5.32 Å². The van der Waals surface area contributed by atoms with Crippen molar-refractivity contribution in [1.82, 2.24) is 24.3 Å². The van der Waals surface area contributed by atoms with Crippen LogP contribution in [-0.2, 0) is 13.0 Å². The molecule has 3 aromatic heterocycles. The highest BCUT2D eigenvalue weighted by Crippen LogP contribution is 2.17. The van der Waals surface area contributed by atoms with Crippen molar-refractivity contribution in [2.75, 3.05) is 6.54 Å². The molecule has 1 N–H and O–H groups in total. The number of imidazole rings is 2. The number of halogens is 1. The summed E-state index contributed by atoms with van der Waals surface area (Å²) in [5.41, 5.74) is 2.22. The molecule has 0 radical (unpaired) electrons. The number of hydrogen-bond acceptors (Lipinski definition) is 3. The van der Waals surface area contributed by atoms with E-state index in [1.165, 1.54) is 0 Å². The average Bonchev–Trinajstić information content (AvgIpc) is 3.18. The van der Waals surface area contributed by atoms with Crippen LogP contribution in [0.15, 0.2) is 41.5 Å². The number of carbonyl (C=O) groups excluding carboxylic acids is 1. The number of nitrogens with one attached hydrogen (secondary N) is 1. The highest BCUT2D eigenvalue weighted by atomic mass is 79.9. The summed E-state index contributed by atoms with van der Waals surface area (Å²) in [6, 6.07) is 3.83. The lowest BCUT2D eigenvalue weighted by molar-refractivity contribution is 0.0946. The van der Waals surface area contributed by atoms with E-state index in [4.69, 9.17) is 0 Å². The molecule has 1 amide bonds. The Kier molecular flexibility index (Phi) is 4.76. The molecule has 0 aliphatic heterocycles. The summed E-state index contributed by atoms with van der Waals surface area (Å²) in [6.45, 7) is 3.45. The van der Waals surface area contributed by atoms with E-state index in [0.29, 0.717) is 12.2 Å². The number of carbonyl (C=O) groups is 1. The number of nitrogens with zero attached hydrogens (tertiary/aromatic N) is 4. The van der Waals surface area contributed by atoms with Crippen molar-refractivity contribution in [3.05, 3.63) is 52.9 Å². The largest absolute Gasteiger partial charge is 0.351 e. The van der Waals surface area contributed by atoms with E-state index in [0.717, 1.165) is 35.2 Å². The van der Waals surface area contributed by atoms with Gasteiger partial charge in [0, 0.05) is 36.2 Å². The monoisotopic (exact) mass is 375 g/mol. The van der Waals surface area contributed by atoms with Crippen molar-refractivity contribution >= 4 is 27.5 Å². The zero-order valence-corrected chi connectivity index (χ0v) is 14.5. The molecule has 0 spiro atoms. The summed E-state index contributed by atoms with van der Waals surface area (Å²) < 4.78 is 4.75. The van der Waals surface area contributed by atoms with Crippen LogP contribution in [-0.4, -0.2) is 31.4 Å². The van der Waals surface area contributed by atoms with E-state index in [1.54, 1.807) is 12.5 Å². The third-order valence-electron chi connectivity index (χ3n) is 3.64. The molecule has 120 valence electrons. The fraction of sp³-hybridized carbons (Fsp3) is 0.312. The number of amides is 1. The summed E-state index contributed by atoms with van der Waals surface area (Å²) in [4.78, 5) is 21.1. The van der Waals surface area contributed by atoms with Gasteiger partial charge in [0.25, 0.3) is 5.91 Å². The number of hydrogen-bond donors (Lipinski definition) is 1. The molecule has 0 atom stereocenters. The molecule has 0 aromatic carbocycles. The maximum atomic E-state index is 12.6. The predicted molar refractivity (Wildman–Crippen MR) is 91.4 cm³/mol. The Balaban J connectivity index is 1.71. The minimum atomic E-state index is -0.0851. The Morgan fingerprint density at radius 2 is 2.26 bits per heavy atom. The summed E-state index contributed by atoms with van der Waals surface area (Å²) in [7, 11) is 0. The van der Waals surface area contributed by atoms with Gasteiger partial charge in [-0.05, 0) is 40.9 Å². The summed E-state index contributed by atoms with van der Waals surface area (Å²) in [5, 5.41) is 2.99. The molecule has 7 heteroatoms. The van der Waals surface area contributed by atoms with Gasteiger partial charge in [-0.3, -0.25) is 9.20 Å². The molecule has 6 nitrogen and oxygen atoms in total. The van der Waals surface area contributed by atoms with Crippen molar-refractivity contribution in [3.63, 3.8) is 0 Å². The van der Waals surface area contributed by atoms with Gasteiger partial charge in [-0.2, -0.15) is 0 Å². The Morgan fingerprint density at radius 3 is 3.00 bits per heavy atom. The molecular formula is C16H18BrN5O. The van der Waals surface area contributed by atoms with Crippen LogP contribution in [0.4, 0.5) is 0 Å². The van der Waals surface area contributed by atoms with Crippen LogP contribution in [0.25, 0.3) is 5.65 Å². The van der Waals surface area contributed by atoms with Gasteiger partial charge < -0.3 is 9.88 Å². The van der Waals surface area contributed by atoms with Crippen LogP contribution in [0.5, 0.6) is 0 Å². The fourth-order valence-electron chi connectivity index (χ4n) is 2.52. The first kappa shape index (κ1) is 15.7. The first-order valence-corrected chi connectivity index (χ1v) is 8.38. The van der Waals surface area contributed by atoms with Crippen molar-refractivity contribution in [3.8, 4) is 0 Å². The maximum absolute atomic E-state index is 12.6. The molecule has 0 aliphatic rings. The van der Waals surface area contributed by atoms with E-state index < -0.39 is 0 Å². The van der Waals surface area contributed by atoms with E-state index in [-0.39, 0.29) is 5.91 Å². The average molecular weight is 376 g/mol. The summed E-state index contributed by atoms with van der Waals surface area (Å²) in [6.07, 6.45) is 8.89. The lowest BCUT2D eigenvalue weighted by atomic mass is 10.2. The van der Waals surface area contributed by atoms with E-state index in [1.807, 2.05) is 40.4 Å². The number of aryl methyl sites for hydroxylation is 2. The molecule has 3 rings (SSSR count). The third kappa shape index (κ3) is 3.44. The van der Waals surface area contributed by atoms with E-state index in [2.05, 4.69) is 31.2 Å². The molecule has 0 fully saturated rings. The quantitative estimate of drug-likeness (QED) is 0.673. The van der Waals surface area contributed by atoms with Crippen LogP contribution in [0, 0.1) is 0 Å². The van der Waals surface area contributed by atoms with E-state index in [9.17, 15) is 4.79 Å². The van der Waals surface area contributed by atoms with Gasteiger partial charge in [0.05, 0.1) is 12.0 Å². The Labute approximate surface area is 142 Å². The van der Waals surface area contributed by atoms with Crippen molar-refractivity contribution < 1.29 is 4.79 Å². The zero-order chi connectivity index (χ0) is 16.2. The Hall–Kier alpha value is -2.15. The lowest BCUT2D eigenvalue weighted by Crippen LogP contribution is -2.27. The van der Waals surface area contributed by atoms with E-state index >= 15 is 0 Å². The highest BCUT2D eigenvalue weighted by molar-refractivity contribution is 9.10. The van der Waals surface area contributed by atoms with Crippen LogP contribution in [0.1, 0.15) is 29.5 Å². The molecular weight excluding hydrogens is 358 g/mol. The molecule has 0 aliphatic carbocycles. The number of fused-ring (bicyclic) bond motifs is 1. The normalized spacial score (nSPS) is 11.0. The first-order valence-electron chi connectivity index (χ1n) is 7.59. The van der Waals surface area contributed by atoms with Gasteiger partial charge in [0.1, 0.15) is 11.3 Å². The predicted octanol–water partition coefficient (Wildman–Crippen LogP) is 2.68. The second-order valence-corrected chi connectivity index (χ2v) is 6.16. The van der Waals surface area contributed by atoms with Crippen molar-refractivity contribution in [2.45, 2.75) is 26.3 Å². The lowest BCUT2D eigenvalue weighted by Gasteiger charge is -2.07. The smallest absolute Gasteiger partial charge is 0.270 e. The topological polar surface area (TPSA) is 64.2 Å². The SMILES string of the molecule is CCc1nc2ccc(Br)cn2c1C(=O)NCCCn1ccnc1. The van der Waals surface area contributed by atoms with Crippen LogP contribution in [0.2, 0.25) is 0 Å². The molecule has 0 bridgehead atoms. The van der Waals surface area contributed by atoms with Gasteiger partial charge in [0.2, 0.25) is 0 Å². The minimum Gasteiger partial charge on any atom is -0.351 e. The number of pyridine rings is 1. The first-order chi connectivity index (χ1) is 11.2. The molecule has 0 saturated carbocycles. The molecule has 0 unspecified atom stereocenters. The van der Waals surface area contributed by atoms with Crippen molar-refractivity contribution in [1.29, 1.82) is 0 Å². The van der Waals surface area contributed by atoms with Gasteiger partial charge in [0.15, 0.2) is 0 Å². The Bertz CT molecular complexity index is 809. The number of rotatable bonds is 6. The highest BCUT2D eigenvalue weighted by Gasteiger charge is 2.17. The van der Waals surface area contributed by atoms with Gasteiger partial charge in [-0.25, -0.2) is 9.97 Å². The van der Waals surface area contributed by atoms with Gasteiger partial charge >= 0.3 is 0 Å². The van der Waals surface area contributed by atoms with Crippen LogP contribution >= 0.6 is 15.9 Å². The summed E-state index contributed by atoms with van der Waals surface area (Å²) in [5.74, 6) is -0.0851. The van der Waals surface area contributed by atoms with Crippen LogP contribution in [0.3, 0.4) is 0 Å². The minimum absolute atomic E-state index is 0.0851. The molecule has 3 aromatic rings. The second kappa shape index (κ2) is 6.95. The summed E-state index contributed by atoms with van der Waals surface area (Å²) >= 11 is 3.44. The fourth-order valence-corrected chi connectivity index (χ4v) is 2.86. The molecule has 0 saturated heterocycles. The standard InChI is InChI=1S/C16H18BrN5O/c1-2-13-15(22-10-12(17)4-5-14(22)20-13)16(23)19-6-3-8-21-9-7-18-11-21/h4-5,7,9-11H,2-3,6,8H2,1H3,(H,19,23). The third-order valence-corrected chi connectivity index (χ3v) is 4.11. The van der Waals surface area contributed by atoms with Crippen molar-refractivity contribution in [2.24, 2.45) is 0 Å². The Morgan fingerprint density at radius 1 is 1.39 bits per heavy atom. The maximum Gasteiger partial charge on any atom is 0.270 e. The van der Waals surface area contributed by atoms with Gasteiger partial charge in [-0.15, -0.1) is 0 Å². The molecule has 3 heterocycles.